The second-order valence-corrected chi connectivity index (χ2v) is 12.1. The van der Waals surface area contributed by atoms with Crippen LogP contribution in [0.25, 0.3) is 0 Å². The molecule has 5 saturated carbocycles. The Kier molecular flexibility index (Phi) is 5.40. The maximum absolute atomic E-state index is 12.6. The minimum Gasteiger partial charge on any atom is -0.392 e. The first-order valence-electron chi connectivity index (χ1n) is 12.9. The number of likely N-dealkylation sites (tertiary alicyclic amines) is 1. The highest BCUT2D eigenvalue weighted by atomic mass is 16.5. The van der Waals surface area contributed by atoms with Gasteiger partial charge in [-0.1, -0.05) is 6.92 Å². The van der Waals surface area contributed by atoms with E-state index in [1.807, 2.05) is 0 Å². The second-order valence-electron chi connectivity index (χ2n) is 12.1. The predicted molar refractivity (Wildman–Crippen MR) is 121 cm³/mol. The fourth-order valence-electron chi connectivity index (χ4n) is 11.0. The van der Waals surface area contributed by atoms with Crippen LogP contribution in [0.15, 0.2) is 0 Å². The molecule has 10 heteroatoms. The summed E-state index contributed by atoms with van der Waals surface area (Å²) in [7, 11) is 6.29. The molecule has 5 N–H and O–H groups in total. The van der Waals surface area contributed by atoms with Gasteiger partial charge in [-0.25, -0.2) is 0 Å². The average Bonchev–Trinajstić information content (AvgIpc) is 3.19. The summed E-state index contributed by atoms with van der Waals surface area (Å²) < 4.78 is 23.7. The first-order chi connectivity index (χ1) is 16.6. The molecule has 0 aromatic rings. The molecule has 6 aliphatic rings. The van der Waals surface area contributed by atoms with Gasteiger partial charge in [0.1, 0.15) is 23.4 Å². The molecule has 0 radical (unpaired) electrons. The van der Waals surface area contributed by atoms with Gasteiger partial charge in [-0.15, -0.1) is 0 Å². The Morgan fingerprint density at radius 1 is 0.943 bits per heavy atom. The molecular formula is C25H41NO9. The highest BCUT2D eigenvalue weighted by molar-refractivity contribution is 5.39. The van der Waals surface area contributed by atoms with Crippen LogP contribution in [0.2, 0.25) is 0 Å². The van der Waals surface area contributed by atoms with Gasteiger partial charge in [0.25, 0.3) is 0 Å². The lowest BCUT2D eigenvalue weighted by atomic mass is 9.42. The van der Waals surface area contributed by atoms with Gasteiger partial charge in [0.15, 0.2) is 0 Å². The van der Waals surface area contributed by atoms with E-state index in [0.717, 1.165) is 0 Å². The summed E-state index contributed by atoms with van der Waals surface area (Å²) in [5.41, 5.74) is -4.81. The Morgan fingerprint density at radius 3 is 2.23 bits per heavy atom. The summed E-state index contributed by atoms with van der Waals surface area (Å²) in [6, 6.07) is -0.240. The van der Waals surface area contributed by atoms with E-state index in [-0.39, 0.29) is 18.4 Å². The number of fused-ring (bicyclic) bond motifs is 2. The van der Waals surface area contributed by atoms with E-state index in [1.54, 1.807) is 21.3 Å². The quantitative estimate of drug-likeness (QED) is 0.285. The van der Waals surface area contributed by atoms with Crippen molar-refractivity contribution in [2.24, 2.45) is 34.5 Å². The number of hydrogen-bond donors (Lipinski definition) is 5. The standard InChI is InChI=1S/C25H41NO9/c1-6-26-9-22(10-32-2)12(27)7-13(33-3)24-11-8-23(30)19(28)14(11)25(31,20(29)21(23)35-5)15(18(24)26)16(34-4)17(22)24/h11-21,27-31H,6-10H2,1-5H3/t11-,12-,13+,14-,15?,16+,17-,18?,19?,20+,21+,22+,23-,24?,25-/m1/s1. The maximum atomic E-state index is 12.6. The topological polar surface area (TPSA) is 141 Å². The molecular weight excluding hydrogens is 458 g/mol. The Balaban J connectivity index is 1.68. The van der Waals surface area contributed by atoms with Crippen LogP contribution in [-0.2, 0) is 18.9 Å². The molecule has 1 aliphatic heterocycles. The van der Waals surface area contributed by atoms with Crippen molar-refractivity contribution >= 4 is 0 Å². The van der Waals surface area contributed by atoms with Gasteiger partial charge in [-0.05, 0) is 18.9 Å². The molecule has 10 nitrogen and oxygen atoms in total. The molecule has 0 aromatic carbocycles. The molecule has 35 heavy (non-hydrogen) atoms. The predicted octanol–water partition coefficient (Wildman–Crippen LogP) is -1.79. The molecule has 0 aromatic heterocycles. The summed E-state index contributed by atoms with van der Waals surface area (Å²) >= 11 is 0. The summed E-state index contributed by atoms with van der Waals surface area (Å²) in [4.78, 5) is 2.29. The summed E-state index contributed by atoms with van der Waals surface area (Å²) in [6.45, 7) is 3.58. The number of nitrogens with zero attached hydrogens (tertiary/aromatic N) is 1. The summed E-state index contributed by atoms with van der Waals surface area (Å²) in [5, 5.41) is 59.3. The van der Waals surface area contributed by atoms with Crippen molar-refractivity contribution in [2.75, 3.05) is 48.1 Å². The number of ether oxygens (including phenoxy) is 4. The third-order valence-corrected chi connectivity index (χ3v) is 11.7. The molecule has 5 aliphatic carbocycles. The zero-order chi connectivity index (χ0) is 25.3. The Labute approximate surface area is 206 Å². The second kappa shape index (κ2) is 7.59. The van der Waals surface area contributed by atoms with Crippen molar-refractivity contribution < 1.29 is 44.5 Å². The Bertz CT molecular complexity index is 878. The maximum Gasteiger partial charge on any atom is 0.120 e. The SMILES string of the molecule is CCN1C[C@]2(COC)[C@H](O)C[C@H](OC)C34C1C([C@H](OC)[C@@H]32)[C@@]1(O)[C@@H](O)[C@H](OC)[C@@]2(O)C[C@@H]4[C@@H]1C2O. The van der Waals surface area contributed by atoms with Crippen molar-refractivity contribution in [3.05, 3.63) is 0 Å². The fraction of sp³-hybridized carbons (Fsp3) is 1.00. The van der Waals surface area contributed by atoms with E-state index < -0.39 is 76.4 Å². The number of aliphatic hydroxyl groups is 5. The lowest BCUT2D eigenvalue weighted by Crippen LogP contribution is -2.81. The first-order valence-corrected chi connectivity index (χ1v) is 12.9. The normalized spacial score (nSPS) is 62.4. The van der Waals surface area contributed by atoms with E-state index in [4.69, 9.17) is 18.9 Å². The van der Waals surface area contributed by atoms with E-state index in [2.05, 4.69) is 11.8 Å². The largest absolute Gasteiger partial charge is 0.392 e. The van der Waals surface area contributed by atoms with Crippen molar-refractivity contribution in [2.45, 2.75) is 73.6 Å². The molecule has 4 unspecified atom stereocenters. The third kappa shape index (κ3) is 2.35. The van der Waals surface area contributed by atoms with Gasteiger partial charge in [0, 0.05) is 76.0 Å². The molecule has 1 spiro atoms. The number of piperidine rings is 1. The summed E-state index contributed by atoms with van der Waals surface area (Å²) in [5.74, 6) is -2.04. The van der Waals surface area contributed by atoms with Gasteiger partial charge in [0.05, 0.1) is 31.0 Å². The summed E-state index contributed by atoms with van der Waals surface area (Å²) in [6.07, 6.45) is -4.95. The molecule has 0 amide bonds. The number of rotatable bonds is 6. The minimum atomic E-state index is -1.76. The molecule has 6 fully saturated rings. The molecule has 7 bridgehead atoms. The molecule has 1 saturated heterocycles. The average molecular weight is 500 g/mol. The van der Waals surface area contributed by atoms with E-state index in [9.17, 15) is 25.5 Å². The Hall–Kier alpha value is -0.400. The van der Waals surface area contributed by atoms with Gasteiger partial charge >= 0.3 is 0 Å². The van der Waals surface area contributed by atoms with Crippen LogP contribution in [0.4, 0.5) is 0 Å². The number of methoxy groups -OCH3 is 4. The van der Waals surface area contributed by atoms with Crippen molar-refractivity contribution in [3.8, 4) is 0 Å². The van der Waals surface area contributed by atoms with Crippen LogP contribution >= 0.6 is 0 Å². The Morgan fingerprint density at radius 2 is 1.66 bits per heavy atom. The minimum absolute atomic E-state index is 0.156. The van der Waals surface area contributed by atoms with Crippen molar-refractivity contribution in [1.29, 1.82) is 0 Å². The van der Waals surface area contributed by atoms with Crippen LogP contribution < -0.4 is 0 Å². The lowest BCUT2D eigenvalue weighted by Gasteiger charge is -2.70. The number of hydrogen-bond acceptors (Lipinski definition) is 10. The van der Waals surface area contributed by atoms with Gasteiger partial charge < -0.3 is 44.5 Å². The van der Waals surface area contributed by atoms with Crippen LogP contribution in [0.1, 0.15) is 19.8 Å². The molecule has 6 rings (SSSR count). The van der Waals surface area contributed by atoms with Crippen LogP contribution in [0, 0.1) is 34.5 Å². The van der Waals surface area contributed by atoms with Crippen molar-refractivity contribution in [1.82, 2.24) is 4.90 Å². The van der Waals surface area contributed by atoms with Crippen LogP contribution in [-0.4, -0.2) is 132 Å². The van der Waals surface area contributed by atoms with E-state index in [1.165, 1.54) is 7.11 Å². The van der Waals surface area contributed by atoms with E-state index in [0.29, 0.717) is 26.1 Å². The van der Waals surface area contributed by atoms with E-state index >= 15 is 0 Å². The highest BCUT2D eigenvalue weighted by Gasteiger charge is 2.90. The third-order valence-electron chi connectivity index (χ3n) is 11.7. The van der Waals surface area contributed by atoms with Gasteiger partial charge in [-0.2, -0.15) is 0 Å². The smallest absolute Gasteiger partial charge is 0.120 e. The number of aliphatic hydroxyl groups excluding tert-OH is 3. The van der Waals surface area contributed by atoms with Crippen molar-refractivity contribution in [3.63, 3.8) is 0 Å². The zero-order valence-corrected chi connectivity index (χ0v) is 21.2. The van der Waals surface area contributed by atoms with Crippen LogP contribution in [0.5, 0.6) is 0 Å². The highest BCUT2D eigenvalue weighted by Crippen LogP contribution is 2.79. The molecule has 15 atom stereocenters. The van der Waals surface area contributed by atoms with Gasteiger partial charge in [0.2, 0.25) is 0 Å². The lowest BCUT2D eigenvalue weighted by molar-refractivity contribution is -0.320. The zero-order valence-electron chi connectivity index (χ0n) is 21.2. The van der Waals surface area contributed by atoms with Crippen LogP contribution in [0.3, 0.4) is 0 Å². The molecule has 200 valence electrons. The monoisotopic (exact) mass is 499 g/mol. The first kappa shape index (κ1) is 24.9. The molecule has 1 heterocycles. The van der Waals surface area contributed by atoms with Gasteiger partial charge in [-0.3, -0.25) is 4.90 Å². The fourth-order valence-corrected chi connectivity index (χ4v) is 11.0.